The van der Waals surface area contributed by atoms with Crippen LogP contribution in [0.1, 0.15) is 5.56 Å². The number of thiocarbonyl (C=S) groups is 1. The van der Waals surface area contributed by atoms with Crippen LogP contribution in [0.15, 0.2) is 48.5 Å². The number of hydrogen-bond acceptors (Lipinski definition) is 7. The number of nitrogens with one attached hydrogen (secondary N) is 3. The van der Waals surface area contributed by atoms with Gasteiger partial charge in [-0.15, -0.1) is 5.48 Å². The van der Waals surface area contributed by atoms with Crippen molar-refractivity contribution in [2.45, 2.75) is 16.4 Å². The second kappa shape index (κ2) is 11.3. The second-order valence-corrected chi connectivity index (χ2v) is 8.75. The van der Waals surface area contributed by atoms with Crippen LogP contribution in [-0.4, -0.2) is 33.1 Å². The van der Waals surface area contributed by atoms with Crippen molar-refractivity contribution in [2.24, 2.45) is 0 Å². The van der Waals surface area contributed by atoms with Gasteiger partial charge >= 0.3 is 5.97 Å². The molecular formula is C18H17Cl3N4O5S. The third kappa shape index (κ3) is 8.00. The minimum atomic E-state index is -1.98. The molecule has 0 radical (unpaired) electrons. The standard InChI is InChI=1S/C18H17Cl3N4O5S/c1-29-14-8-7-12(25(27)28)10-13(14)22-17(31)23-16(18(19,20)21)24-30-15(26)9-11-5-3-2-4-6-11/h2-8,10,16,24H,9H2,1H3,(H2,22,23,31). The summed E-state index contributed by atoms with van der Waals surface area (Å²) >= 11 is 23.0. The van der Waals surface area contributed by atoms with E-state index < -0.39 is 20.9 Å². The van der Waals surface area contributed by atoms with Crippen LogP contribution in [0, 0.1) is 10.1 Å². The third-order valence-electron chi connectivity index (χ3n) is 3.73. The zero-order valence-corrected chi connectivity index (χ0v) is 19.0. The van der Waals surface area contributed by atoms with Crippen LogP contribution in [-0.2, 0) is 16.1 Å². The predicted molar refractivity (Wildman–Crippen MR) is 122 cm³/mol. The molecular weight excluding hydrogens is 491 g/mol. The van der Waals surface area contributed by atoms with E-state index in [-0.39, 0.29) is 22.9 Å². The molecule has 1 unspecified atom stereocenters. The number of hydrogen-bond donors (Lipinski definition) is 3. The summed E-state index contributed by atoms with van der Waals surface area (Å²) in [4.78, 5) is 27.4. The lowest BCUT2D eigenvalue weighted by Gasteiger charge is -2.27. The number of non-ortho nitro benzene ring substituents is 1. The molecule has 2 aromatic rings. The molecule has 166 valence electrons. The largest absolute Gasteiger partial charge is 0.495 e. The van der Waals surface area contributed by atoms with E-state index in [0.717, 1.165) is 5.56 Å². The number of hydroxylamine groups is 1. The number of nitrogens with zero attached hydrogens (tertiary/aromatic N) is 1. The van der Waals surface area contributed by atoms with Crippen molar-refractivity contribution in [3.8, 4) is 5.75 Å². The van der Waals surface area contributed by atoms with Crippen LogP contribution < -0.4 is 20.9 Å². The highest BCUT2D eigenvalue weighted by molar-refractivity contribution is 7.80. The molecule has 1 atom stereocenters. The third-order valence-corrected chi connectivity index (χ3v) is 4.60. The number of rotatable bonds is 8. The summed E-state index contributed by atoms with van der Waals surface area (Å²) in [5, 5.41) is 16.3. The number of methoxy groups -OCH3 is 1. The second-order valence-electron chi connectivity index (χ2n) is 5.97. The van der Waals surface area contributed by atoms with E-state index in [1.807, 2.05) is 6.07 Å². The number of ether oxygens (including phenoxy) is 1. The summed E-state index contributed by atoms with van der Waals surface area (Å²) in [6.45, 7) is 0. The van der Waals surface area contributed by atoms with Crippen molar-refractivity contribution in [1.29, 1.82) is 0 Å². The van der Waals surface area contributed by atoms with Crippen LogP contribution in [0.3, 0.4) is 0 Å². The number of alkyl halides is 3. The number of nitro groups is 1. The van der Waals surface area contributed by atoms with Crippen molar-refractivity contribution < 1.29 is 19.3 Å². The van der Waals surface area contributed by atoms with Crippen LogP contribution in [0.5, 0.6) is 5.75 Å². The first-order chi connectivity index (χ1) is 14.6. The molecule has 0 aliphatic carbocycles. The fourth-order valence-electron chi connectivity index (χ4n) is 2.30. The van der Waals surface area contributed by atoms with Gasteiger partial charge in [0.2, 0.25) is 3.79 Å². The number of anilines is 1. The maximum absolute atomic E-state index is 12.0. The molecule has 0 fully saturated rings. The first-order valence-electron chi connectivity index (χ1n) is 8.56. The molecule has 2 rings (SSSR count). The smallest absolute Gasteiger partial charge is 0.329 e. The molecule has 2 aromatic carbocycles. The summed E-state index contributed by atoms with van der Waals surface area (Å²) < 4.78 is 3.17. The average Bonchev–Trinajstić information content (AvgIpc) is 2.70. The van der Waals surface area contributed by atoms with E-state index >= 15 is 0 Å². The predicted octanol–water partition coefficient (Wildman–Crippen LogP) is 3.88. The first-order valence-corrected chi connectivity index (χ1v) is 10.1. The molecule has 0 saturated carbocycles. The Balaban J connectivity index is 2.02. The number of benzene rings is 2. The Labute approximate surface area is 198 Å². The fraction of sp³-hybridized carbons (Fsp3) is 0.222. The van der Waals surface area contributed by atoms with Gasteiger partial charge in [-0.25, -0.2) is 0 Å². The van der Waals surface area contributed by atoms with Gasteiger partial charge in [0.05, 0.1) is 24.1 Å². The number of halogens is 3. The van der Waals surface area contributed by atoms with Crippen LogP contribution in [0.2, 0.25) is 0 Å². The number of carbonyl (C=O) groups excluding carboxylic acids is 1. The Morgan fingerprint density at radius 2 is 1.90 bits per heavy atom. The van der Waals surface area contributed by atoms with Gasteiger partial charge in [-0.3, -0.25) is 14.9 Å². The molecule has 31 heavy (non-hydrogen) atoms. The van der Waals surface area contributed by atoms with Crippen molar-refractivity contribution in [2.75, 3.05) is 12.4 Å². The topological polar surface area (TPSA) is 115 Å². The monoisotopic (exact) mass is 506 g/mol. The highest BCUT2D eigenvalue weighted by Gasteiger charge is 2.34. The lowest BCUT2D eigenvalue weighted by molar-refractivity contribution is -0.384. The van der Waals surface area contributed by atoms with Gasteiger partial charge in [-0.2, -0.15) is 0 Å². The van der Waals surface area contributed by atoms with Crippen molar-refractivity contribution >= 4 is 69.5 Å². The molecule has 0 aliphatic heterocycles. The SMILES string of the molecule is COc1ccc([N+](=O)[O-])cc1NC(=S)NC(NOC(=O)Cc1ccccc1)C(Cl)(Cl)Cl. The molecule has 0 amide bonds. The maximum atomic E-state index is 12.0. The molecule has 0 aromatic heterocycles. The Bertz CT molecular complexity index is 944. The maximum Gasteiger partial charge on any atom is 0.329 e. The molecule has 0 aliphatic rings. The first kappa shape index (κ1) is 24.9. The van der Waals surface area contributed by atoms with Crippen molar-refractivity contribution in [3.63, 3.8) is 0 Å². The average molecular weight is 508 g/mol. The van der Waals surface area contributed by atoms with Gasteiger partial charge in [0.1, 0.15) is 5.75 Å². The summed E-state index contributed by atoms with van der Waals surface area (Å²) in [5.41, 5.74) is 3.09. The number of carbonyl (C=O) groups is 1. The summed E-state index contributed by atoms with van der Waals surface area (Å²) in [7, 11) is 1.39. The summed E-state index contributed by atoms with van der Waals surface area (Å²) in [6, 6.07) is 12.8. The van der Waals surface area contributed by atoms with Crippen LogP contribution in [0.4, 0.5) is 11.4 Å². The van der Waals surface area contributed by atoms with Gasteiger partial charge in [-0.1, -0.05) is 65.1 Å². The molecule has 3 N–H and O–H groups in total. The van der Waals surface area contributed by atoms with Gasteiger partial charge < -0.3 is 20.2 Å². The molecule has 13 heteroatoms. The minimum Gasteiger partial charge on any atom is -0.495 e. The molecule has 0 spiro atoms. The van der Waals surface area contributed by atoms with E-state index in [1.165, 1.54) is 25.3 Å². The van der Waals surface area contributed by atoms with Gasteiger partial charge in [0.15, 0.2) is 11.3 Å². The van der Waals surface area contributed by atoms with Crippen LogP contribution in [0.25, 0.3) is 0 Å². The van der Waals surface area contributed by atoms with E-state index in [4.69, 9.17) is 56.6 Å². The highest BCUT2D eigenvalue weighted by atomic mass is 35.6. The highest BCUT2D eigenvalue weighted by Crippen LogP contribution is 2.31. The lowest BCUT2D eigenvalue weighted by Crippen LogP contribution is -2.54. The summed E-state index contributed by atoms with van der Waals surface area (Å²) in [5.74, 6) is -0.325. The summed E-state index contributed by atoms with van der Waals surface area (Å²) in [6.07, 6.45) is -1.25. The van der Waals surface area contributed by atoms with E-state index in [2.05, 4.69) is 16.1 Å². The minimum absolute atomic E-state index is 0.00596. The molecule has 0 bridgehead atoms. The Hall–Kier alpha value is -2.37. The van der Waals surface area contributed by atoms with E-state index in [0.29, 0.717) is 5.75 Å². The Kier molecular flexibility index (Phi) is 9.08. The zero-order valence-electron chi connectivity index (χ0n) is 15.9. The Morgan fingerprint density at radius 3 is 2.48 bits per heavy atom. The van der Waals surface area contributed by atoms with Gasteiger partial charge in [-0.05, 0) is 23.8 Å². The van der Waals surface area contributed by atoms with E-state index in [1.54, 1.807) is 24.3 Å². The molecule has 0 saturated heterocycles. The quantitative estimate of drug-likeness (QED) is 0.161. The molecule has 9 nitrogen and oxygen atoms in total. The van der Waals surface area contributed by atoms with Gasteiger partial charge in [0.25, 0.3) is 5.69 Å². The fourth-order valence-corrected chi connectivity index (χ4v) is 2.82. The Morgan fingerprint density at radius 1 is 1.23 bits per heavy atom. The number of nitro benzene ring substituents is 1. The van der Waals surface area contributed by atoms with Gasteiger partial charge in [0, 0.05) is 12.1 Å². The lowest BCUT2D eigenvalue weighted by atomic mass is 10.2. The zero-order chi connectivity index (χ0) is 23.0. The van der Waals surface area contributed by atoms with Crippen LogP contribution >= 0.6 is 47.0 Å². The van der Waals surface area contributed by atoms with Crippen molar-refractivity contribution in [3.05, 3.63) is 64.2 Å². The normalized spacial score (nSPS) is 11.9. The van der Waals surface area contributed by atoms with Crippen molar-refractivity contribution in [1.82, 2.24) is 10.8 Å². The van der Waals surface area contributed by atoms with E-state index in [9.17, 15) is 14.9 Å². The molecule has 0 heterocycles.